The Kier molecular flexibility index (Phi) is 4.65. The molecule has 0 saturated heterocycles. The fourth-order valence-electron chi connectivity index (χ4n) is 1.70. The average Bonchev–Trinajstić information content (AvgIpc) is 2.31. The number of nitrogens with two attached hydrogens (primary N) is 1. The highest BCUT2D eigenvalue weighted by Gasteiger charge is 2.07. The number of anilines is 2. The molecule has 3 N–H and O–H groups in total. The molecule has 3 nitrogen and oxygen atoms in total. The zero-order chi connectivity index (χ0) is 12.0. The summed E-state index contributed by atoms with van der Waals surface area (Å²) in [4.78, 5) is 0. The highest BCUT2D eigenvalue weighted by atomic mass is 14.9. The molecule has 16 heavy (non-hydrogen) atoms. The van der Waals surface area contributed by atoms with Gasteiger partial charge in [-0.15, -0.1) is 0 Å². The maximum Gasteiger partial charge on any atom is 0.0992 e. The summed E-state index contributed by atoms with van der Waals surface area (Å²) in [5, 5.41) is 12.2. The van der Waals surface area contributed by atoms with Gasteiger partial charge in [-0.05, 0) is 31.0 Å². The van der Waals surface area contributed by atoms with Gasteiger partial charge in [0.05, 0.1) is 23.0 Å². The molecule has 0 aliphatic carbocycles. The number of nitrogen functional groups attached to an aromatic ring is 1. The lowest BCUT2D eigenvalue weighted by molar-refractivity contribution is 0.623. The van der Waals surface area contributed by atoms with Crippen molar-refractivity contribution in [2.45, 2.75) is 39.2 Å². The molecule has 0 aromatic heterocycles. The third-order valence-corrected chi connectivity index (χ3v) is 2.67. The van der Waals surface area contributed by atoms with Crippen molar-refractivity contribution >= 4 is 11.4 Å². The minimum atomic E-state index is 0.432. The van der Waals surface area contributed by atoms with Gasteiger partial charge in [0.1, 0.15) is 0 Å². The first-order valence-corrected chi connectivity index (χ1v) is 5.77. The van der Waals surface area contributed by atoms with Gasteiger partial charge in [0.2, 0.25) is 0 Å². The van der Waals surface area contributed by atoms with E-state index in [0.717, 1.165) is 24.9 Å². The summed E-state index contributed by atoms with van der Waals surface area (Å²) in [7, 11) is 0. The van der Waals surface area contributed by atoms with Crippen molar-refractivity contribution in [2.24, 2.45) is 0 Å². The lowest BCUT2D eigenvalue weighted by atomic mass is 10.1. The molecule has 0 amide bonds. The normalized spacial score (nSPS) is 11.8. The van der Waals surface area contributed by atoms with Gasteiger partial charge in [0.15, 0.2) is 0 Å². The van der Waals surface area contributed by atoms with Gasteiger partial charge < -0.3 is 11.1 Å². The molecular formula is C13H19N3. The highest BCUT2D eigenvalue weighted by Crippen LogP contribution is 2.22. The maximum atomic E-state index is 8.83. The van der Waals surface area contributed by atoms with Crippen molar-refractivity contribution < 1.29 is 0 Å². The predicted octanol–water partition coefficient (Wildman–Crippen LogP) is 3.13. The molecule has 86 valence electrons. The Morgan fingerprint density at radius 2 is 2.19 bits per heavy atom. The summed E-state index contributed by atoms with van der Waals surface area (Å²) in [5.41, 5.74) is 8.09. The summed E-state index contributed by atoms with van der Waals surface area (Å²) in [6.45, 7) is 4.32. The van der Waals surface area contributed by atoms with Crippen LogP contribution < -0.4 is 11.1 Å². The molecule has 1 rings (SSSR count). The van der Waals surface area contributed by atoms with E-state index in [9.17, 15) is 0 Å². The third kappa shape index (κ3) is 3.16. The van der Waals surface area contributed by atoms with Gasteiger partial charge in [-0.3, -0.25) is 0 Å². The molecule has 1 atom stereocenters. The van der Waals surface area contributed by atoms with Crippen LogP contribution >= 0.6 is 0 Å². The van der Waals surface area contributed by atoms with Gasteiger partial charge in [-0.2, -0.15) is 5.26 Å². The molecule has 0 radical (unpaired) electrons. The highest BCUT2D eigenvalue weighted by molar-refractivity contribution is 5.68. The van der Waals surface area contributed by atoms with Crippen molar-refractivity contribution in [3.05, 3.63) is 23.8 Å². The van der Waals surface area contributed by atoms with Crippen LogP contribution in [0.3, 0.4) is 0 Å². The Hall–Kier alpha value is -1.69. The van der Waals surface area contributed by atoms with Crippen LogP contribution in [0.15, 0.2) is 18.2 Å². The van der Waals surface area contributed by atoms with Crippen LogP contribution in [0.2, 0.25) is 0 Å². The Morgan fingerprint density at radius 1 is 1.44 bits per heavy atom. The van der Waals surface area contributed by atoms with E-state index in [0.29, 0.717) is 17.3 Å². The van der Waals surface area contributed by atoms with E-state index in [1.807, 2.05) is 6.07 Å². The van der Waals surface area contributed by atoms with Crippen LogP contribution in [-0.2, 0) is 0 Å². The second-order valence-corrected chi connectivity index (χ2v) is 3.95. The smallest absolute Gasteiger partial charge is 0.0992 e. The van der Waals surface area contributed by atoms with E-state index in [2.05, 4.69) is 25.2 Å². The van der Waals surface area contributed by atoms with Crippen LogP contribution in [0.1, 0.15) is 38.7 Å². The molecule has 0 saturated carbocycles. The Bertz CT molecular complexity index is 379. The molecule has 0 aliphatic heterocycles. The standard InChI is InChI=1S/C13H19N3/c1-3-5-11(4-2)16-13-8-10(9-14)6-7-12(13)15/h6-8,11,16H,3-5,15H2,1-2H3. The summed E-state index contributed by atoms with van der Waals surface area (Å²) in [6.07, 6.45) is 3.32. The van der Waals surface area contributed by atoms with Crippen molar-refractivity contribution in [3.63, 3.8) is 0 Å². The minimum Gasteiger partial charge on any atom is -0.397 e. The average molecular weight is 217 g/mol. The van der Waals surface area contributed by atoms with Crippen molar-refractivity contribution in [2.75, 3.05) is 11.1 Å². The summed E-state index contributed by atoms with van der Waals surface area (Å²) >= 11 is 0. The minimum absolute atomic E-state index is 0.432. The van der Waals surface area contributed by atoms with E-state index < -0.39 is 0 Å². The predicted molar refractivity (Wildman–Crippen MR) is 68.2 cm³/mol. The van der Waals surface area contributed by atoms with E-state index in [-0.39, 0.29) is 0 Å². The number of hydrogen-bond acceptors (Lipinski definition) is 3. The topological polar surface area (TPSA) is 61.8 Å². The number of nitrogens with zero attached hydrogens (tertiary/aromatic N) is 1. The van der Waals surface area contributed by atoms with Gasteiger partial charge >= 0.3 is 0 Å². The summed E-state index contributed by atoms with van der Waals surface area (Å²) < 4.78 is 0. The number of benzene rings is 1. The van der Waals surface area contributed by atoms with E-state index >= 15 is 0 Å². The van der Waals surface area contributed by atoms with Crippen molar-refractivity contribution in [1.82, 2.24) is 0 Å². The monoisotopic (exact) mass is 217 g/mol. The molecule has 3 heteroatoms. The molecule has 1 aromatic carbocycles. The van der Waals surface area contributed by atoms with Gasteiger partial charge in [0.25, 0.3) is 0 Å². The zero-order valence-electron chi connectivity index (χ0n) is 9.96. The van der Waals surface area contributed by atoms with Gasteiger partial charge in [-0.25, -0.2) is 0 Å². The van der Waals surface area contributed by atoms with Crippen LogP contribution in [0.4, 0.5) is 11.4 Å². The Morgan fingerprint density at radius 3 is 2.75 bits per heavy atom. The number of nitriles is 1. The lowest BCUT2D eigenvalue weighted by Gasteiger charge is -2.18. The summed E-state index contributed by atoms with van der Waals surface area (Å²) in [6, 6.07) is 7.88. The molecular weight excluding hydrogens is 198 g/mol. The van der Waals surface area contributed by atoms with Crippen LogP contribution in [0.25, 0.3) is 0 Å². The number of hydrogen-bond donors (Lipinski definition) is 2. The largest absolute Gasteiger partial charge is 0.397 e. The Balaban J connectivity index is 2.82. The molecule has 1 aromatic rings. The first-order valence-electron chi connectivity index (χ1n) is 5.77. The first kappa shape index (κ1) is 12.4. The lowest BCUT2D eigenvalue weighted by Crippen LogP contribution is -2.18. The third-order valence-electron chi connectivity index (χ3n) is 2.67. The fraction of sp³-hybridized carbons (Fsp3) is 0.462. The fourth-order valence-corrected chi connectivity index (χ4v) is 1.70. The molecule has 0 aliphatic rings. The number of rotatable bonds is 5. The molecule has 0 heterocycles. The molecule has 1 unspecified atom stereocenters. The van der Waals surface area contributed by atoms with E-state index in [1.54, 1.807) is 12.1 Å². The van der Waals surface area contributed by atoms with E-state index in [4.69, 9.17) is 11.0 Å². The summed E-state index contributed by atoms with van der Waals surface area (Å²) in [5.74, 6) is 0. The molecule has 0 spiro atoms. The molecule has 0 fully saturated rings. The van der Waals surface area contributed by atoms with Crippen LogP contribution in [-0.4, -0.2) is 6.04 Å². The SMILES string of the molecule is CCCC(CC)Nc1cc(C#N)ccc1N. The second kappa shape index (κ2) is 6.02. The van der Waals surface area contributed by atoms with Gasteiger partial charge in [0, 0.05) is 6.04 Å². The quantitative estimate of drug-likeness (QED) is 0.745. The van der Waals surface area contributed by atoms with E-state index in [1.165, 1.54) is 0 Å². The van der Waals surface area contributed by atoms with Gasteiger partial charge in [-0.1, -0.05) is 20.3 Å². The molecule has 0 bridgehead atoms. The van der Waals surface area contributed by atoms with Crippen molar-refractivity contribution in [3.8, 4) is 6.07 Å². The maximum absolute atomic E-state index is 8.83. The van der Waals surface area contributed by atoms with Crippen LogP contribution in [0, 0.1) is 11.3 Å². The van der Waals surface area contributed by atoms with Crippen molar-refractivity contribution in [1.29, 1.82) is 5.26 Å². The number of nitrogens with one attached hydrogen (secondary N) is 1. The zero-order valence-corrected chi connectivity index (χ0v) is 9.96. The second-order valence-electron chi connectivity index (χ2n) is 3.95. The Labute approximate surface area is 97.3 Å². The first-order chi connectivity index (χ1) is 7.71. The van der Waals surface area contributed by atoms with Crippen LogP contribution in [0.5, 0.6) is 0 Å².